The summed E-state index contributed by atoms with van der Waals surface area (Å²) in [6, 6.07) is 3.30. The number of hydrogen-bond donors (Lipinski definition) is 1. The molecule has 0 bridgehead atoms. The molecule has 1 fully saturated rings. The number of benzene rings is 1. The van der Waals surface area contributed by atoms with Gasteiger partial charge >= 0.3 is 0 Å². The topological polar surface area (TPSA) is 55.4 Å². The molecule has 18 heavy (non-hydrogen) atoms. The van der Waals surface area contributed by atoms with Crippen LogP contribution in [0.25, 0.3) is 0 Å². The maximum atomic E-state index is 13.0. The molecule has 0 amide bonds. The second-order valence-electron chi connectivity index (χ2n) is 4.06. The van der Waals surface area contributed by atoms with E-state index in [1.807, 2.05) is 0 Å². The molecule has 1 heterocycles. The van der Waals surface area contributed by atoms with Crippen molar-refractivity contribution in [3.63, 3.8) is 0 Å². The number of nitrogens with one attached hydrogen (secondary N) is 1. The van der Waals surface area contributed by atoms with E-state index in [0.717, 1.165) is 25.0 Å². The third-order valence-electron chi connectivity index (χ3n) is 2.73. The van der Waals surface area contributed by atoms with Gasteiger partial charge in [0.2, 0.25) is 10.0 Å². The summed E-state index contributed by atoms with van der Waals surface area (Å²) in [6.07, 6.45) is 1.69. The van der Waals surface area contributed by atoms with E-state index in [9.17, 15) is 12.8 Å². The van der Waals surface area contributed by atoms with Gasteiger partial charge in [0.05, 0.1) is 16.0 Å². The highest BCUT2D eigenvalue weighted by Gasteiger charge is 2.20. The summed E-state index contributed by atoms with van der Waals surface area (Å²) in [5, 5.41) is -0.213. The van der Waals surface area contributed by atoms with Crippen LogP contribution in [0.1, 0.15) is 12.8 Å². The minimum atomic E-state index is -3.67. The largest absolute Gasteiger partial charge is 0.377 e. The summed E-state index contributed by atoms with van der Waals surface area (Å²) in [5.74, 6) is -0.644. The molecule has 1 atom stereocenters. The first-order valence-electron chi connectivity index (χ1n) is 5.55. The molecule has 0 aromatic heterocycles. The second-order valence-corrected chi connectivity index (χ2v) is 6.24. The van der Waals surface area contributed by atoms with E-state index in [1.54, 1.807) is 0 Å². The van der Waals surface area contributed by atoms with E-state index in [4.69, 9.17) is 16.3 Å². The average molecular weight is 294 g/mol. The van der Waals surface area contributed by atoms with Crippen molar-refractivity contribution in [1.82, 2.24) is 4.72 Å². The average Bonchev–Trinajstić information content (AvgIpc) is 2.83. The fourth-order valence-electron chi connectivity index (χ4n) is 1.74. The summed E-state index contributed by atoms with van der Waals surface area (Å²) in [5.41, 5.74) is 0. The van der Waals surface area contributed by atoms with E-state index < -0.39 is 15.8 Å². The van der Waals surface area contributed by atoms with Crippen LogP contribution in [0.4, 0.5) is 4.39 Å². The molecule has 0 spiro atoms. The lowest BCUT2D eigenvalue weighted by atomic mass is 10.2. The van der Waals surface area contributed by atoms with Crippen LogP contribution >= 0.6 is 11.6 Å². The molecule has 0 radical (unpaired) electrons. The van der Waals surface area contributed by atoms with Gasteiger partial charge in [-0.15, -0.1) is 0 Å². The van der Waals surface area contributed by atoms with Crippen LogP contribution in [-0.4, -0.2) is 27.7 Å². The van der Waals surface area contributed by atoms with Crippen molar-refractivity contribution in [3.05, 3.63) is 29.0 Å². The Morgan fingerprint density at radius 2 is 2.28 bits per heavy atom. The van der Waals surface area contributed by atoms with Gasteiger partial charge in [0.25, 0.3) is 0 Å². The Morgan fingerprint density at radius 1 is 1.50 bits per heavy atom. The first-order valence-corrected chi connectivity index (χ1v) is 7.41. The normalized spacial score (nSPS) is 20.2. The Bertz CT molecular complexity index is 529. The molecule has 1 N–H and O–H groups in total. The number of halogens is 2. The highest BCUT2D eigenvalue weighted by Crippen LogP contribution is 2.19. The highest BCUT2D eigenvalue weighted by atomic mass is 35.5. The number of ether oxygens (including phenoxy) is 1. The molecule has 2 rings (SSSR count). The van der Waals surface area contributed by atoms with Crippen LogP contribution in [-0.2, 0) is 14.8 Å². The fraction of sp³-hybridized carbons (Fsp3) is 0.455. The first kappa shape index (κ1) is 13.7. The molecule has 1 aromatic carbocycles. The van der Waals surface area contributed by atoms with Gasteiger partial charge in [-0.3, -0.25) is 0 Å². The van der Waals surface area contributed by atoms with Crippen molar-refractivity contribution in [2.24, 2.45) is 0 Å². The van der Waals surface area contributed by atoms with E-state index >= 15 is 0 Å². The first-order chi connectivity index (χ1) is 8.49. The SMILES string of the molecule is O=S(=O)(NC[C@@H]1CCCO1)c1ccc(F)c(Cl)c1. The molecule has 1 aromatic rings. The lowest BCUT2D eigenvalue weighted by molar-refractivity contribution is 0.114. The van der Waals surface area contributed by atoms with Crippen LogP contribution < -0.4 is 4.72 Å². The summed E-state index contributed by atoms with van der Waals surface area (Å²) in [7, 11) is -3.67. The van der Waals surface area contributed by atoms with Crippen LogP contribution in [0.5, 0.6) is 0 Å². The molecule has 0 saturated carbocycles. The smallest absolute Gasteiger partial charge is 0.240 e. The van der Waals surface area contributed by atoms with E-state index in [1.165, 1.54) is 6.07 Å². The molecule has 0 unspecified atom stereocenters. The summed E-state index contributed by atoms with van der Waals surface area (Å²) in [4.78, 5) is -0.0492. The zero-order valence-corrected chi connectivity index (χ0v) is 11.1. The second kappa shape index (κ2) is 5.52. The Hall–Kier alpha value is -0.690. The molecule has 7 heteroatoms. The van der Waals surface area contributed by atoms with Gasteiger partial charge in [-0.1, -0.05) is 11.6 Å². The van der Waals surface area contributed by atoms with Crippen molar-refractivity contribution in [2.45, 2.75) is 23.8 Å². The van der Waals surface area contributed by atoms with Crippen LogP contribution in [0.2, 0.25) is 5.02 Å². The predicted octanol–water partition coefficient (Wildman–Crippen LogP) is 1.94. The highest BCUT2D eigenvalue weighted by molar-refractivity contribution is 7.89. The van der Waals surface area contributed by atoms with Gasteiger partial charge in [-0.05, 0) is 31.0 Å². The minimum absolute atomic E-state index is 0.0492. The molecule has 4 nitrogen and oxygen atoms in total. The van der Waals surface area contributed by atoms with Crippen molar-refractivity contribution in [3.8, 4) is 0 Å². The minimum Gasteiger partial charge on any atom is -0.377 e. The lowest BCUT2D eigenvalue weighted by Crippen LogP contribution is -2.31. The third kappa shape index (κ3) is 3.20. The zero-order valence-electron chi connectivity index (χ0n) is 9.53. The monoisotopic (exact) mass is 293 g/mol. The molecule has 100 valence electrons. The van der Waals surface area contributed by atoms with Crippen molar-refractivity contribution >= 4 is 21.6 Å². The zero-order chi connectivity index (χ0) is 13.2. The fourth-order valence-corrected chi connectivity index (χ4v) is 3.07. The van der Waals surface area contributed by atoms with E-state index in [2.05, 4.69) is 4.72 Å². The number of hydrogen-bond acceptors (Lipinski definition) is 3. The Kier molecular flexibility index (Phi) is 4.21. The van der Waals surface area contributed by atoms with E-state index in [-0.39, 0.29) is 22.6 Å². The number of rotatable bonds is 4. The molecule has 1 aliphatic heterocycles. The summed E-state index contributed by atoms with van der Waals surface area (Å²) in [6.45, 7) is 0.881. The molecular formula is C11H13ClFNO3S. The molecule has 1 saturated heterocycles. The van der Waals surface area contributed by atoms with Gasteiger partial charge in [0, 0.05) is 13.2 Å². The van der Waals surface area contributed by atoms with Crippen molar-refractivity contribution in [2.75, 3.05) is 13.2 Å². The predicted molar refractivity (Wildman–Crippen MR) is 65.6 cm³/mol. The summed E-state index contributed by atoms with van der Waals surface area (Å²) >= 11 is 5.56. The standard InChI is InChI=1S/C11H13ClFNO3S/c12-10-6-9(3-4-11(10)13)18(15,16)14-7-8-2-1-5-17-8/h3-4,6,8,14H,1-2,5,7H2/t8-/m0/s1. The van der Waals surface area contributed by atoms with Crippen molar-refractivity contribution < 1.29 is 17.5 Å². The van der Waals surface area contributed by atoms with Crippen molar-refractivity contribution in [1.29, 1.82) is 0 Å². The quantitative estimate of drug-likeness (QED) is 0.923. The Labute approximate surface area is 110 Å². The van der Waals surface area contributed by atoms with Crippen LogP contribution in [0.15, 0.2) is 23.1 Å². The van der Waals surface area contributed by atoms with Gasteiger partial charge < -0.3 is 4.74 Å². The van der Waals surface area contributed by atoms with Gasteiger partial charge in [-0.2, -0.15) is 0 Å². The van der Waals surface area contributed by atoms with Gasteiger partial charge in [-0.25, -0.2) is 17.5 Å². The lowest BCUT2D eigenvalue weighted by Gasteiger charge is -2.11. The third-order valence-corrected chi connectivity index (χ3v) is 4.44. The molecule has 1 aliphatic rings. The molecular weight excluding hydrogens is 281 g/mol. The molecule has 0 aliphatic carbocycles. The van der Waals surface area contributed by atoms with Crippen LogP contribution in [0, 0.1) is 5.82 Å². The van der Waals surface area contributed by atoms with E-state index in [0.29, 0.717) is 6.61 Å². The summed E-state index contributed by atoms with van der Waals surface area (Å²) < 4.78 is 44.5. The Morgan fingerprint density at radius 3 is 2.89 bits per heavy atom. The number of sulfonamides is 1. The maximum Gasteiger partial charge on any atom is 0.240 e. The van der Waals surface area contributed by atoms with Gasteiger partial charge in [0.15, 0.2) is 0 Å². The van der Waals surface area contributed by atoms with Gasteiger partial charge in [0.1, 0.15) is 5.82 Å². The Balaban J connectivity index is 2.07. The maximum absolute atomic E-state index is 13.0. The van der Waals surface area contributed by atoms with Crippen LogP contribution in [0.3, 0.4) is 0 Å².